The number of nitrogens with one attached hydrogen (secondary N) is 2. The minimum Gasteiger partial charge on any atom is -0.352 e. The fourth-order valence-corrected chi connectivity index (χ4v) is 5.87. The maximum Gasteiger partial charge on any atom is 0.325 e. The molecule has 4 atom stereocenters. The van der Waals surface area contributed by atoms with Crippen LogP contribution in [0.4, 0.5) is 4.79 Å². The lowest BCUT2D eigenvalue weighted by molar-refractivity contribution is -0.136. The van der Waals surface area contributed by atoms with Crippen LogP contribution in [0.1, 0.15) is 56.4 Å². The van der Waals surface area contributed by atoms with Crippen molar-refractivity contribution in [2.24, 2.45) is 11.8 Å². The van der Waals surface area contributed by atoms with Crippen LogP contribution in [0.25, 0.3) is 0 Å². The molecule has 1 saturated carbocycles. The molecule has 1 aromatic rings. The third-order valence-electron chi connectivity index (χ3n) is 6.69. The van der Waals surface area contributed by atoms with E-state index in [4.69, 9.17) is 0 Å². The molecule has 1 spiro atoms. The van der Waals surface area contributed by atoms with Gasteiger partial charge in [0.05, 0.1) is 0 Å². The van der Waals surface area contributed by atoms with Gasteiger partial charge in [-0.3, -0.25) is 14.5 Å². The Hall–Kier alpha value is -1.89. The van der Waals surface area contributed by atoms with E-state index in [-0.39, 0.29) is 24.4 Å². The van der Waals surface area contributed by atoms with E-state index < -0.39 is 11.6 Å². The summed E-state index contributed by atoms with van der Waals surface area (Å²) in [5.41, 5.74) is -0.0628. The first-order chi connectivity index (χ1) is 12.9. The highest BCUT2D eigenvalue weighted by Crippen LogP contribution is 2.42. The number of imide groups is 1. The Kier molecular flexibility index (Phi) is 4.74. The summed E-state index contributed by atoms with van der Waals surface area (Å²) in [5.74, 6) is 0.446. The van der Waals surface area contributed by atoms with Crippen molar-refractivity contribution >= 4 is 29.2 Å². The molecule has 0 radical (unpaired) electrons. The van der Waals surface area contributed by atoms with Crippen molar-refractivity contribution < 1.29 is 14.4 Å². The summed E-state index contributed by atoms with van der Waals surface area (Å²) in [7, 11) is 0. The van der Waals surface area contributed by atoms with E-state index in [2.05, 4.69) is 24.5 Å². The number of carbonyl (C=O) groups is 3. The van der Waals surface area contributed by atoms with Gasteiger partial charge in [0.25, 0.3) is 5.91 Å². The second-order valence-corrected chi connectivity index (χ2v) is 9.28. The van der Waals surface area contributed by atoms with Crippen LogP contribution in [0, 0.1) is 11.8 Å². The SMILES string of the molecule is C[C@@H]1[C@H](C)CCC[C@H]1NC(=O)CN1C(=O)N[C@]2(CCCc3sccc32)C1=O. The highest BCUT2D eigenvalue weighted by Gasteiger charge is 2.54. The number of fused-ring (bicyclic) bond motifs is 2. The summed E-state index contributed by atoms with van der Waals surface area (Å²) in [5, 5.41) is 7.93. The van der Waals surface area contributed by atoms with Gasteiger partial charge in [0, 0.05) is 16.5 Å². The smallest absolute Gasteiger partial charge is 0.325 e. The molecule has 1 saturated heterocycles. The Labute approximate surface area is 163 Å². The van der Waals surface area contributed by atoms with E-state index in [0.717, 1.165) is 41.0 Å². The van der Waals surface area contributed by atoms with Gasteiger partial charge < -0.3 is 10.6 Å². The first kappa shape index (κ1) is 18.5. The quantitative estimate of drug-likeness (QED) is 0.781. The van der Waals surface area contributed by atoms with E-state index in [1.165, 1.54) is 6.42 Å². The summed E-state index contributed by atoms with van der Waals surface area (Å²) in [6.07, 6.45) is 5.64. The zero-order chi connectivity index (χ0) is 19.2. The third kappa shape index (κ3) is 3.06. The van der Waals surface area contributed by atoms with Crippen molar-refractivity contribution in [1.82, 2.24) is 15.5 Å². The Bertz CT molecular complexity index is 776. The van der Waals surface area contributed by atoms with Gasteiger partial charge in [0.2, 0.25) is 5.91 Å². The second kappa shape index (κ2) is 6.93. The predicted molar refractivity (Wildman–Crippen MR) is 103 cm³/mol. The Morgan fingerprint density at radius 1 is 1.33 bits per heavy atom. The highest BCUT2D eigenvalue weighted by atomic mass is 32.1. The number of aryl methyl sites for hydroxylation is 1. The van der Waals surface area contributed by atoms with Crippen LogP contribution < -0.4 is 10.6 Å². The van der Waals surface area contributed by atoms with Crippen LogP contribution in [0.2, 0.25) is 0 Å². The van der Waals surface area contributed by atoms with Gasteiger partial charge in [0.1, 0.15) is 12.1 Å². The largest absolute Gasteiger partial charge is 0.352 e. The second-order valence-electron chi connectivity index (χ2n) is 8.28. The Balaban J connectivity index is 1.47. The number of urea groups is 1. The van der Waals surface area contributed by atoms with Crippen LogP contribution in [0.15, 0.2) is 11.4 Å². The van der Waals surface area contributed by atoms with Crippen molar-refractivity contribution in [1.29, 1.82) is 0 Å². The molecule has 1 aliphatic heterocycles. The number of thiophene rings is 1. The summed E-state index contributed by atoms with van der Waals surface area (Å²) < 4.78 is 0. The van der Waals surface area contributed by atoms with Gasteiger partial charge in [0.15, 0.2) is 0 Å². The number of nitrogens with zero attached hydrogens (tertiary/aromatic N) is 1. The minimum absolute atomic E-state index is 0.120. The van der Waals surface area contributed by atoms with E-state index in [1.807, 2.05) is 11.4 Å². The zero-order valence-corrected chi connectivity index (χ0v) is 16.7. The molecule has 2 N–H and O–H groups in total. The van der Waals surface area contributed by atoms with Crippen molar-refractivity contribution in [3.63, 3.8) is 0 Å². The standard InChI is InChI=1S/C20H27N3O3S/c1-12-5-3-6-15(13(12)2)21-17(24)11-23-18(25)20(22-19(23)26)9-4-7-16-14(20)8-10-27-16/h8,10,12-13,15H,3-7,9,11H2,1-2H3,(H,21,24)(H,22,26)/t12-,13-,15-,20+/m1/s1. The monoisotopic (exact) mass is 389 g/mol. The fraction of sp³-hybridized carbons (Fsp3) is 0.650. The molecule has 2 fully saturated rings. The number of rotatable bonds is 3. The van der Waals surface area contributed by atoms with Crippen molar-refractivity contribution in [2.75, 3.05) is 6.54 Å². The van der Waals surface area contributed by atoms with E-state index in [1.54, 1.807) is 11.3 Å². The predicted octanol–water partition coefficient (Wildman–Crippen LogP) is 2.77. The maximum absolute atomic E-state index is 13.2. The molecule has 0 bridgehead atoms. The Morgan fingerprint density at radius 3 is 2.96 bits per heavy atom. The first-order valence-electron chi connectivity index (χ1n) is 9.92. The van der Waals surface area contributed by atoms with Crippen molar-refractivity contribution in [3.8, 4) is 0 Å². The molecular formula is C20H27N3O3S. The van der Waals surface area contributed by atoms with Crippen LogP contribution in [0.3, 0.4) is 0 Å². The molecule has 27 heavy (non-hydrogen) atoms. The molecule has 0 aromatic carbocycles. The summed E-state index contributed by atoms with van der Waals surface area (Å²) in [4.78, 5) is 40.6. The molecule has 2 heterocycles. The van der Waals surface area contributed by atoms with Crippen LogP contribution >= 0.6 is 11.3 Å². The number of amides is 4. The summed E-state index contributed by atoms with van der Waals surface area (Å²) in [6.45, 7) is 4.17. The highest BCUT2D eigenvalue weighted by molar-refractivity contribution is 7.10. The van der Waals surface area contributed by atoms with Crippen LogP contribution in [-0.2, 0) is 21.5 Å². The summed E-state index contributed by atoms with van der Waals surface area (Å²) >= 11 is 1.63. The Morgan fingerprint density at radius 2 is 2.15 bits per heavy atom. The topological polar surface area (TPSA) is 78.5 Å². The molecule has 7 heteroatoms. The van der Waals surface area contributed by atoms with Gasteiger partial charge in [-0.25, -0.2) is 4.79 Å². The molecule has 2 aliphatic carbocycles. The molecule has 1 aromatic heterocycles. The first-order valence-corrected chi connectivity index (χ1v) is 10.8. The van der Waals surface area contributed by atoms with E-state index in [9.17, 15) is 14.4 Å². The molecule has 6 nitrogen and oxygen atoms in total. The van der Waals surface area contributed by atoms with Gasteiger partial charge in [-0.05, 0) is 49.0 Å². The van der Waals surface area contributed by atoms with Gasteiger partial charge >= 0.3 is 6.03 Å². The van der Waals surface area contributed by atoms with Gasteiger partial charge in [-0.1, -0.05) is 26.7 Å². The zero-order valence-electron chi connectivity index (χ0n) is 15.9. The molecule has 3 aliphatic rings. The molecule has 146 valence electrons. The van der Waals surface area contributed by atoms with Crippen LogP contribution in [-0.4, -0.2) is 35.3 Å². The molecule has 4 rings (SSSR count). The average Bonchev–Trinajstić information content (AvgIpc) is 3.20. The fourth-order valence-electron chi connectivity index (χ4n) is 4.87. The van der Waals surface area contributed by atoms with Crippen molar-refractivity contribution in [3.05, 3.63) is 21.9 Å². The minimum atomic E-state index is -0.975. The number of hydrogen-bond donors (Lipinski definition) is 2. The molecule has 0 unspecified atom stereocenters. The maximum atomic E-state index is 13.2. The van der Waals surface area contributed by atoms with Crippen LogP contribution in [0.5, 0.6) is 0 Å². The third-order valence-corrected chi connectivity index (χ3v) is 7.67. The lowest BCUT2D eigenvalue weighted by Gasteiger charge is -2.35. The molecular weight excluding hydrogens is 362 g/mol. The van der Waals surface area contributed by atoms with E-state index in [0.29, 0.717) is 18.3 Å². The van der Waals surface area contributed by atoms with E-state index >= 15 is 0 Å². The normalized spacial score (nSPS) is 33.1. The van der Waals surface area contributed by atoms with Crippen molar-refractivity contribution in [2.45, 2.75) is 64.0 Å². The van der Waals surface area contributed by atoms with Gasteiger partial charge in [-0.15, -0.1) is 11.3 Å². The van der Waals surface area contributed by atoms with Gasteiger partial charge in [-0.2, -0.15) is 0 Å². The average molecular weight is 390 g/mol. The summed E-state index contributed by atoms with van der Waals surface area (Å²) in [6, 6.07) is 1.60. The lowest BCUT2D eigenvalue weighted by atomic mass is 9.78. The number of hydrogen-bond acceptors (Lipinski definition) is 4. The molecule has 4 amide bonds. The lowest BCUT2D eigenvalue weighted by Crippen LogP contribution is -2.49. The number of carbonyl (C=O) groups excluding carboxylic acids is 3.